The molecule has 1 amide bonds. The molecule has 5 nitrogen and oxygen atoms in total. The molecule has 1 aromatic carbocycles. The summed E-state index contributed by atoms with van der Waals surface area (Å²) in [5.41, 5.74) is -0.304. The minimum absolute atomic E-state index is 0.00860. The van der Waals surface area contributed by atoms with Crippen molar-refractivity contribution in [3.8, 4) is 0 Å². The molecule has 9 heteroatoms. The largest absolute Gasteiger partial charge is 0.417 e. The first-order valence-electron chi connectivity index (χ1n) is 8.03. The van der Waals surface area contributed by atoms with Gasteiger partial charge in [0.2, 0.25) is 5.95 Å². The van der Waals surface area contributed by atoms with Gasteiger partial charge in [-0.1, -0.05) is 11.6 Å². The highest BCUT2D eigenvalue weighted by Gasteiger charge is 2.33. The summed E-state index contributed by atoms with van der Waals surface area (Å²) in [6.07, 6.45) is -2.54. The normalized spacial score (nSPS) is 14.6. The van der Waals surface area contributed by atoms with E-state index in [-0.39, 0.29) is 11.4 Å². The van der Waals surface area contributed by atoms with E-state index in [9.17, 15) is 18.0 Å². The lowest BCUT2D eigenvalue weighted by Gasteiger charge is -2.16. The highest BCUT2D eigenvalue weighted by molar-refractivity contribution is 6.31. The molecule has 0 spiro atoms. The van der Waals surface area contributed by atoms with Crippen LogP contribution < -0.4 is 10.2 Å². The molecule has 1 aliphatic rings. The van der Waals surface area contributed by atoms with E-state index in [4.69, 9.17) is 11.6 Å². The van der Waals surface area contributed by atoms with Gasteiger partial charge in [-0.05, 0) is 44.0 Å². The van der Waals surface area contributed by atoms with E-state index in [2.05, 4.69) is 15.3 Å². The number of amides is 1. The van der Waals surface area contributed by atoms with Gasteiger partial charge < -0.3 is 10.2 Å². The first kappa shape index (κ1) is 18.4. The maximum absolute atomic E-state index is 12.9. The highest BCUT2D eigenvalue weighted by atomic mass is 35.5. The third-order valence-electron chi connectivity index (χ3n) is 3.99. The summed E-state index contributed by atoms with van der Waals surface area (Å²) in [5.74, 6) is -0.147. The van der Waals surface area contributed by atoms with Crippen molar-refractivity contribution in [2.45, 2.75) is 25.9 Å². The number of benzene rings is 1. The molecule has 3 rings (SSSR count). The predicted molar refractivity (Wildman–Crippen MR) is 92.6 cm³/mol. The van der Waals surface area contributed by atoms with Gasteiger partial charge in [-0.2, -0.15) is 13.2 Å². The van der Waals surface area contributed by atoms with Crippen molar-refractivity contribution >= 4 is 29.1 Å². The Labute approximate surface area is 153 Å². The fourth-order valence-corrected chi connectivity index (χ4v) is 2.97. The Morgan fingerprint density at radius 3 is 2.54 bits per heavy atom. The number of carbonyl (C=O) groups excluding carboxylic acids is 1. The number of aromatic nitrogens is 2. The van der Waals surface area contributed by atoms with Crippen LogP contribution in [0.3, 0.4) is 0 Å². The van der Waals surface area contributed by atoms with Crippen molar-refractivity contribution in [1.29, 1.82) is 0 Å². The molecule has 2 heterocycles. The standard InChI is InChI=1S/C17H16ClF3N4O/c1-10-8-14(24-16(22-10)25-6-2-3-7-25)15(26)23-11-4-5-13(18)12(9-11)17(19,20)21/h4-5,8-9H,2-3,6-7H2,1H3,(H,23,26). The molecule has 1 saturated heterocycles. The fraction of sp³-hybridized carbons (Fsp3) is 0.353. The van der Waals surface area contributed by atoms with Crippen molar-refractivity contribution < 1.29 is 18.0 Å². The quantitative estimate of drug-likeness (QED) is 0.856. The van der Waals surface area contributed by atoms with E-state index in [1.807, 2.05) is 4.90 Å². The number of anilines is 2. The van der Waals surface area contributed by atoms with Crippen molar-refractivity contribution in [3.63, 3.8) is 0 Å². The number of aryl methyl sites for hydroxylation is 1. The molecule has 0 bridgehead atoms. The Morgan fingerprint density at radius 1 is 1.19 bits per heavy atom. The minimum Gasteiger partial charge on any atom is -0.341 e. The summed E-state index contributed by atoms with van der Waals surface area (Å²) in [6, 6.07) is 4.71. The van der Waals surface area contributed by atoms with Gasteiger partial charge in [0, 0.05) is 24.5 Å². The molecule has 0 unspecified atom stereocenters. The number of carbonyl (C=O) groups is 1. The molecule has 0 radical (unpaired) electrons. The fourth-order valence-electron chi connectivity index (χ4n) is 2.74. The van der Waals surface area contributed by atoms with Crippen LogP contribution >= 0.6 is 11.6 Å². The topological polar surface area (TPSA) is 58.1 Å². The van der Waals surface area contributed by atoms with Gasteiger partial charge in [-0.15, -0.1) is 0 Å². The van der Waals surface area contributed by atoms with Crippen LogP contribution in [0.5, 0.6) is 0 Å². The van der Waals surface area contributed by atoms with Crippen LogP contribution in [0.25, 0.3) is 0 Å². The maximum Gasteiger partial charge on any atom is 0.417 e. The second-order valence-corrected chi connectivity index (χ2v) is 6.44. The van der Waals surface area contributed by atoms with Gasteiger partial charge in [0.25, 0.3) is 5.91 Å². The molecule has 0 atom stereocenters. The summed E-state index contributed by atoms with van der Waals surface area (Å²) in [7, 11) is 0. The number of halogens is 4. The number of rotatable bonds is 3. The average Bonchev–Trinajstić information content (AvgIpc) is 3.09. The number of nitrogens with zero attached hydrogens (tertiary/aromatic N) is 3. The maximum atomic E-state index is 12.9. The Morgan fingerprint density at radius 2 is 1.88 bits per heavy atom. The number of hydrogen-bond donors (Lipinski definition) is 1. The zero-order chi connectivity index (χ0) is 18.9. The van der Waals surface area contributed by atoms with E-state index >= 15 is 0 Å². The molecular weight excluding hydrogens is 369 g/mol. The number of nitrogens with one attached hydrogen (secondary N) is 1. The van der Waals surface area contributed by atoms with E-state index in [0.29, 0.717) is 11.6 Å². The molecule has 0 aliphatic carbocycles. The van der Waals surface area contributed by atoms with Crippen LogP contribution in [0.2, 0.25) is 5.02 Å². The predicted octanol–water partition coefficient (Wildman–Crippen LogP) is 4.31. The SMILES string of the molecule is Cc1cc(C(=O)Nc2ccc(Cl)c(C(F)(F)F)c2)nc(N2CCCC2)n1. The van der Waals surface area contributed by atoms with Gasteiger partial charge in [0.15, 0.2) is 0 Å². The summed E-state index contributed by atoms with van der Waals surface area (Å²) < 4.78 is 38.8. The van der Waals surface area contributed by atoms with Crippen molar-refractivity contribution in [1.82, 2.24) is 9.97 Å². The zero-order valence-corrected chi connectivity index (χ0v) is 14.7. The molecule has 2 aromatic rings. The van der Waals surface area contributed by atoms with Gasteiger partial charge in [0.1, 0.15) is 5.69 Å². The van der Waals surface area contributed by atoms with Crippen LogP contribution in [0, 0.1) is 6.92 Å². The summed E-state index contributed by atoms with van der Waals surface area (Å²) in [5, 5.41) is 2.01. The van der Waals surface area contributed by atoms with Gasteiger partial charge in [-0.25, -0.2) is 9.97 Å². The van der Waals surface area contributed by atoms with E-state index < -0.39 is 22.7 Å². The molecule has 138 valence electrons. The Bertz CT molecular complexity index is 835. The summed E-state index contributed by atoms with van der Waals surface area (Å²) >= 11 is 5.59. The van der Waals surface area contributed by atoms with Gasteiger partial charge in [0.05, 0.1) is 10.6 Å². The number of alkyl halides is 3. The first-order valence-corrected chi connectivity index (χ1v) is 8.40. The highest BCUT2D eigenvalue weighted by Crippen LogP contribution is 2.36. The van der Waals surface area contributed by atoms with Gasteiger partial charge >= 0.3 is 6.18 Å². The van der Waals surface area contributed by atoms with Crippen LogP contribution in [-0.4, -0.2) is 29.0 Å². The second kappa shape index (κ2) is 7.11. The third-order valence-corrected chi connectivity index (χ3v) is 4.32. The lowest BCUT2D eigenvalue weighted by atomic mass is 10.2. The van der Waals surface area contributed by atoms with E-state index in [1.165, 1.54) is 12.1 Å². The molecule has 1 N–H and O–H groups in total. The van der Waals surface area contributed by atoms with Crippen molar-refractivity contribution in [2.24, 2.45) is 0 Å². The van der Waals surface area contributed by atoms with Crippen LogP contribution in [0.4, 0.5) is 24.8 Å². The smallest absolute Gasteiger partial charge is 0.341 e. The van der Waals surface area contributed by atoms with Crippen LogP contribution in [0.15, 0.2) is 24.3 Å². The Hall–Kier alpha value is -2.35. The average molecular weight is 385 g/mol. The van der Waals surface area contributed by atoms with E-state index in [1.54, 1.807) is 6.92 Å². The molecular formula is C17H16ClF3N4O. The Kier molecular flexibility index (Phi) is 5.04. The monoisotopic (exact) mass is 384 g/mol. The van der Waals surface area contributed by atoms with Crippen LogP contribution in [-0.2, 0) is 6.18 Å². The first-order chi connectivity index (χ1) is 12.2. The summed E-state index contributed by atoms with van der Waals surface area (Å²) in [4.78, 5) is 23.0. The van der Waals surface area contributed by atoms with Crippen molar-refractivity contribution in [3.05, 3.63) is 46.2 Å². The van der Waals surface area contributed by atoms with Crippen LogP contribution in [0.1, 0.15) is 34.6 Å². The molecule has 26 heavy (non-hydrogen) atoms. The number of hydrogen-bond acceptors (Lipinski definition) is 4. The lowest BCUT2D eigenvalue weighted by Crippen LogP contribution is -2.23. The van der Waals surface area contributed by atoms with E-state index in [0.717, 1.165) is 38.1 Å². The minimum atomic E-state index is -4.60. The molecule has 0 saturated carbocycles. The third kappa shape index (κ3) is 4.07. The second-order valence-electron chi connectivity index (χ2n) is 6.04. The zero-order valence-electron chi connectivity index (χ0n) is 13.9. The Balaban J connectivity index is 1.84. The van der Waals surface area contributed by atoms with Gasteiger partial charge in [-0.3, -0.25) is 4.79 Å². The molecule has 1 fully saturated rings. The van der Waals surface area contributed by atoms with Crippen molar-refractivity contribution in [2.75, 3.05) is 23.3 Å². The summed E-state index contributed by atoms with van der Waals surface area (Å²) in [6.45, 7) is 3.37. The molecule has 1 aromatic heterocycles. The lowest BCUT2D eigenvalue weighted by molar-refractivity contribution is -0.137. The molecule has 1 aliphatic heterocycles.